The molecule has 0 aliphatic rings. The summed E-state index contributed by atoms with van der Waals surface area (Å²) in [5, 5.41) is 8.30. The molecule has 0 saturated heterocycles. The van der Waals surface area contributed by atoms with Gasteiger partial charge in [-0.25, -0.2) is 0 Å². The highest BCUT2D eigenvalue weighted by Crippen LogP contribution is 2.25. The van der Waals surface area contributed by atoms with Crippen LogP contribution in [0, 0.1) is 13.8 Å². The number of carbonyl (C=O) groups excluding carboxylic acids is 1. The van der Waals surface area contributed by atoms with Gasteiger partial charge in [0, 0.05) is 18.0 Å². The maximum absolute atomic E-state index is 12.6. The SMILES string of the molecule is CCc1nn(C)c(NC(=O)c2cccc3cc(C)oc23)c1C. The molecule has 0 unspecified atom stereocenters. The number of amides is 1. The molecule has 0 radical (unpaired) electrons. The number of carbonyl (C=O) groups is 1. The van der Waals surface area contributed by atoms with Crippen LogP contribution in [0.4, 0.5) is 5.82 Å². The fraction of sp³-hybridized carbons (Fsp3) is 0.294. The van der Waals surface area contributed by atoms with Gasteiger partial charge in [-0.05, 0) is 32.4 Å². The monoisotopic (exact) mass is 297 g/mol. The number of aryl methyl sites for hydroxylation is 3. The Kier molecular flexibility index (Phi) is 3.48. The van der Waals surface area contributed by atoms with Gasteiger partial charge < -0.3 is 9.73 Å². The second-order valence-electron chi connectivity index (χ2n) is 5.43. The molecule has 0 aliphatic heterocycles. The summed E-state index contributed by atoms with van der Waals surface area (Å²) in [5.74, 6) is 1.33. The van der Waals surface area contributed by atoms with Crippen LogP contribution in [0.1, 0.15) is 34.3 Å². The Hall–Kier alpha value is -2.56. The third-order valence-corrected chi connectivity index (χ3v) is 3.86. The molecule has 1 aromatic carbocycles. The van der Waals surface area contributed by atoms with E-state index in [4.69, 9.17) is 4.42 Å². The van der Waals surface area contributed by atoms with Crippen LogP contribution in [0.3, 0.4) is 0 Å². The third kappa shape index (κ3) is 2.28. The zero-order valence-electron chi connectivity index (χ0n) is 13.2. The summed E-state index contributed by atoms with van der Waals surface area (Å²) in [6, 6.07) is 7.50. The summed E-state index contributed by atoms with van der Waals surface area (Å²) in [5.41, 5.74) is 3.14. The predicted octanol–water partition coefficient (Wildman–Crippen LogP) is 3.60. The molecule has 0 bridgehead atoms. The van der Waals surface area contributed by atoms with Gasteiger partial charge in [0.1, 0.15) is 17.2 Å². The lowest BCUT2D eigenvalue weighted by atomic mass is 10.1. The van der Waals surface area contributed by atoms with E-state index in [0.717, 1.165) is 34.6 Å². The topological polar surface area (TPSA) is 60.1 Å². The maximum Gasteiger partial charge on any atom is 0.260 e. The highest BCUT2D eigenvalue weighted by Gasteiger charge is 2.18. The molecular formula is C17H19N3O2. The lowest BCUT2D eigenvalue weighted by Gasteiger charge is -2.07. The van der Waals surface area contributed by atoms with Crippen molar-refractivity contribution in [2.75, 3.05) is 5.32 Å². The number of hydrogen-bond acceptors (Lipinski definition) is 3. The molecule has 22 heavy (non-hydrogen) atoms. The summed E-state index contributed by atoms with van der Waals surface area (Å²) in [6.45, 7) is 5.90. The largest absolute Gasteiger partial charge is 0.461 e. The molecule has 5 heteroatoms. The van der Waals surface area contributed by atoms with E-state index in [1.54, 1.807) is 10.7 Å². The van der Waals surface area contributed by atoms with E-state index in [0.29, 0.717) is 11.1 Å². The quantitative estimate of drug-likeness (QED) is 0.803. The molecule has 3 aromatic rings. The number of furan rings is 1. The summed E-state index contributed by atoms with van der Waals surface area (Å²) in [6.07, 6.45) is 0.836. The van der Waals surface area contributed by atoms with Gasteiger partial charge >= 0.3 is 0 Å². The molecule has 2 heterocycles. The van der Waals surface area contributed by atoms with Crippen molar-refractivity contribution in [3.8, 4) is 0 Å². The summed E-state index contributed by atoms with van der Waals surface area (Å²) in [4.78, 5) is 12.6. The van der Waals surface area contributed by atoms with Gasteiger partial charge in [-0.3, -0.25) is 9.48 Å². The van der Waals surface area contributed by atoms with Gasteiger partial charge in [0.25, 0.3) is 5.91 Å². The molecule has 1 N–H and O–H groups in total. The van der Waals surface area contributed by atoms with Crippen molar-refractivity contribution in [2.45, 2.75) is 27.2 Å². The number of anilines is 1. The van der Waals surface area contributed by atoms with Gasteiger partial charge in [-0.15, -0.1) is 0 Å². The van der Waals surface area contributed by atoms with E-state index in [9.17, 15) is 4.79 Å². The standard InChI is InChI=1S/C17H19N3O2/c1-5-14-11(3)16(20(4)19-14)18-17(21)13-8-6-7-12-9-10(2)22-15(12)13/h6-9H,5H2,1-4H3,(H,18,21). The van der Waals surface area contributed by atoms with Gasteiger partial charge in [0.05, 0.1) is 11.3 Å². The Morgan fingerprint density at radius 1 is 1.36 bits per heavy atom. The Morgan fingerprint density at radius 2 is 2.14 bits per heavy atom. The van der Waals surface area contributed by atoms with Crippen LogP contribution < -0.4 is 5.32 Å². The molecule has 114 valence electrons. The Bertz CT molecular complexity index is 858. The van der Waals surface area contributed by atoms with Gasteiger partial charge in [-0.1, -0.05) is 19.1 Å². The molecule has 1 amide bonds. The van der Waals surface area contributed by atoms with Crippen LogP contribution in [0.2, 0.25) is 0 Å². The van der Waals surface area contributed by atoms with Crippen LogP contribution in [-0.2, 0) is 13.5 Å². The number of nitrogens with zero attached hydrogens (tertiary/aromatic N) is 2. The van der Waals surface area contributed by atoms with Crippen LogP contribution >= 0.6 is 0 Å². The fourth-order valence-corrected chi connectivity index (χ4v) is 2.74. The van der Waals surface area contributed by atoms with Gasteiger partial charge in [0.15, 0.2) is 0 Å². The Morgan fingerprint density at radius 3 is 2.82 bits per heavy atom. The van der Waals surface area contributed by atoms with E-state index in [-0.39, 0.29) is 5.91 Å². The number of fused-ring (bicyclic) bond motifs is 1. The first kappa shape index (κ1) is 14.4. The third-order valence-electron chi connectivity index (χ3n) is 3.86. The summed E-state index contributed by atoms with van der Waals surface area (Å²) < 4.78 is 7.37. The minimum Gasteiger partial charge on any atom is -0.461 e. The molecule has 0 aliphatic carbocycles. The average Bonchev–Trinajstić information content (AvgIpc) is 2.99. The van der Waals surface area contributed by atoms with Crippen LogP contribution in [0.25, 0.3) is 11.0 Å². The minimum atomic E-state index is -0.186. The number of hydrogen-bond donors (Lipinski definition) is 1. The first-order chi connectivity index (χ1) is 10.5. The van der Waals surface area contributed by atoms with Crippen molar-refractivity contribution in [3.05, 3.63) is 46.8 Å². The molecule has 0 saturated carbocycles. The molecule has 5 nitrogen and oxygen atoms in total. The highest BCUT2D eigenvalue weighted by atomic mass is 16.3. The van der Waals surface area contributed by atoms with Gasteiger partial charge in [-0.2, -0.15) is 5.10 Å². The highest BCUT2D eigenvalue weighted by molar-refractivity contribution is 6.11. The molecular weight excluding hydrogens is 278 g/mol. The van der Waals surface area contributed by atoms with E-state index < -0.39 is 0 Å². The summed E-state index contributed by atoms with van der Waals surface area (Å²) in [7, 11) is 1.83. The van der Waals surface area contributed by atoms with Crippen LogP contribution in [-0.4, -0.2) is 15.7 Å². The number of para-hydroxylation sites is 1. The first-order valence-electron chi connectivity index (χ1n) is 7.34. The fourth-order valence-electron chi connectivity index (χ4n) is 2.74. The molecule has 0 atom stereocenters. The Labute approximate surface area is 128 Å². The molecule has 0 spiro atoms. The van der Waals surface area contributed by atoms with Crippen molar-refractivity contribution in [1.29, 1.82) is 0 Å². The van der Waals surface area contributed by atoms with Crippen molar-refractivity contribution < 1.29 is 9.21 Å². The second kappa shape index (κ2) is 5.33. The number of benzene rings is 1. The van der Waals surface area contributed by atoms with Crippen molar-refractivity contribution >= 4 is 22.7 Å². The molecule has 2 aromatic heterocycles. The van der Waals surface area contributed by atoms with E-state index in [1.165, 1.54) is 0 Å². The zero-order chi connectivity index (χ0) is 15.9. The van der Waals surface area contributed by atoms with Crippen molar-refractivity contribution in [2.24, 2.45) is 7.05 Å². The van der Waals surface area contributed by atoms with Crippen molar-refractivity contribution in [1.82, 2.24) is 9.78 Å². The maximum atomic E-state index is 12.6. The van der Waals surface area contributed by atoms with Crippen molar-refractivity contribution in [3.63, 3.8) is 0 Å². The van der Waals surface area contributed by atoms with E-state index in [1.807, 2.05) is 46.0 Å². The predicted molar refractivity (Wildman–Crippen MR) is 86.2 cm³/mol. The van der Waals surface area contributed by atoms with Crippen LogP contribution in [0.5, 0.6) is 0 Å². The Balaban J connectivity index is 1.99. The molecule has 0 fully saturated rings. The van der Waals surface area contributed by atoms with Crippen LogP contribution in [0.15, 0.2) is 28.7 Å². The smallest absolute Gasteiger partial charge is 0.260 e. The number of rotatable bonds is 3. The zero-order valence-corrected chi connectivity index (χ0v) is 13.2. The van der Waals surface area contributed by atoms with E-state index >= 15 is 0 Å². The first-order valence-corrected chi connectivity index (χ1v) is 7.34. The lowest BCUT2D eigenvalue weighted by molar-refractivity contribution is 0.102. The van der Waals surface area contributed by atoms with Gasteiger partial charge in [0.2, 0.25) is 0 Å². The van der Waals surface area contributed by atoms with E-state index in [2.05, 4.69) is 10.4 Å². The molecule has 3 rings (SSSR count). The lowest BCUT2D eigenvalue weighted by Crippen LogP contribution is -2.15. The normalized spacial score (nSPS) is 11.1. The second-order valence-corrected chi connectivity index (χ2v) is 5.43. The number of nitrogens with one attached hydrogen (secondary N) is 1. The number of aromatic nitrogens is 2. The minimum absolute atomic E-state index is 0.186. The average molecular weight is 297 g/mol. The summed E-state index contributed by atoms with van der Waals surface area (Å²) >= 11 is 0.